The topological polar surface area (TPSA) is 50.8 Å². The van der Waals surface area contributed by atoms with Crippen molar-refractivity contribution in [1.82, 2.24) is 4.90 Å². The molecule has 0 fully saturated rings. The van der Waals surface area contributed by atoms with E-state index >= 15 is 0 Å². The van der Waals surface area contributed by atoms with Crippen molar-refractivity contribution in [2.24, 2.45) is 0 Å². The Hall–Kier alpha value is -2.40. The first-order valence-corrected chi connectivity index (χ1v) is 8.49. The maximum Gasteiger partial charge on any atom is 0.321 e. The van der Waals surface area contributed by atoms with Gasteiger partial charge in [-0.25, -0.2) is 4.79 Å². The molecule has 6 heteroatoms. The number of nitrogens with one attached hydrogen (secondary N) is 1. The molecule has 0 aromatic heterocycles. The van der Waals surface area contributed by atoms with E-state index in [0.717, 1.165) is 11.5 Å². The van der Waals surface area contributed by atoms with Gasteiger partial charge in [0, 0.05) is 17.8 Å². The molecule has 2 amide bonds. The molecule has 2 aromatic carbocycles. The molecule has 0 aliphatic carbocycles. The number of benzene rings is 2. The molecule has 0 aliphatic heterocycles. The van der Waals surface area contributed by atoms with Crippen LogP contribution in [0.3, 0.4) is 0 Å². The van der Waals surface area contributed by atoms with Crippen LogP contribution in [-0.2, 0) is 0 Å². The lowest BCUT2D eigenvalue weighted by molar-refractivity contribution is 0.207. The van der Waals surface area contributed by atoms with Crippen molar-refractivity contribution in [3.8, 4) is 11.5 Å². The van der Waals surface area contributed by atoms with Gasteiger partial charge in [0.05, 0.1) is 12.6 Å². The van der Waals surface area contributed by atoms with E-state index in [0.29, 0.717) is 23.9 Å². The highest BCUT2D eigenvalue weighted by molar-refractivity contribution is 6.30. The van der Waals surface area contributed by atoms with Gasteiger partial charge in [-0.05, 0) is 62.4 Å². The lowest BCUT2D eigenvalue weighted by Gasteiger charge is -2.18. The zero-order chi connectivity index (χ0) is 18.2. The number of anilines is 1. The van der Waals surface area contributed by atoms with Crippen molar-refractivity contribution in [2.45, 2.75) is 20.0 Å². The van der Waals surface area contributed by atoms with Crippen LogP contribution in [-0.4, -0.2) is 37.2 Å². The van der Waals surface area contributed by atoms with E-state index in [9.17, 15) is 4.79 Å². The summed E-state index contributed by atoms with van der Waals surface area (Å²) in [6.45, 7) is 4.79. The maximum absolute atomic E-state index is 12.2. The lowest BCUT2D eigenvalue weighted by Crippen LogP contribution is -2.34. The molecule has 25 heavy (non-hydrogen) atoms. The van der Waals surface area contributed by atoms with Crippen molar-refractivity contribution in [2.75, 3.05) is 25.5 Å². The molecule has 0 atom stereocenters. The van der Waals surface area contributed by atoms with E-state index in [1.54, 1.807) is 36.2 Å². The summed E-state index contributed by atoms with van der Waals surface area (Å²) in [4.78, 5) is 13.7. The third-order valence-corrected chi connectivity index (χ3v) is 3.59. The summed E-state index contributed by atoms with van der Waals surface area (Å²) in [5.74, 6) is 1.50. The zero-order valence-electron chi connectivity index (χ0n) is 14.7. The fourth-order valence-corrected chi connectivity index (χ4v) is 2.17. The van der Waals surface area contributed by atoms with Gasteiger partial charge in [-0.2, -0.15) is 0 Å². The van der Waals surface area contributed by atoms with Crippen molar-refractivity contribution >= 4 is 23.3 Å². The number of nitrogens with zero attached hydrogens (tertiary/aromatic N) is 1. The van der Waals surface area contributed by atoms with E-state index in [1.165, 1.54) is 0 Å². The van der Waals surface area contributed by atoms with Crippen LogP contribution < -0.4 is 14.8 Å². The molecule has 1 N–H and O–H groups in total. The molecule has 0 radical (unpaired) electrons. The van der Waals surface area contributed by atoms with Crippen molar-refractivity contribution in [3.05, 3.63) is 53.6 Å². The minimum absolute atomic E-state index is 0.118. The van der Waals surface area contributed by atoms with Crippen LogP contribution in [0.2, 0.25) is 5.02 Å². The van der Waals surface area contributed by atoms with Crippen LogP contribution in [0.25, 0.3) is 0 Å². The molecule has 2 rings (SSSR count). The average Bonchev–Trinajstić information content (AvgIpc) is 2.58. The van der Waals surface area contributed by atoms with Crippen LogP contribution in [0, 0.1) is 0 Å². The minimum atomic E-state index is -0.197. The van der Waals surface area contributed by atoms with Gasteiger partial charge < -0.3 is 19.7 Å². The van der Waals surface area contributed by atoms with E-state index in [2.05, 4.69) is 5.32 Å². The van der Waals surface area contributed by atoms with Gasteiger partial charge in [0.15, 0.2) is 0 Å². The van der Waals surface area contributed by atoms with Crippen LogP contribution in [0.5, 0.6) is 11.5 Å². The van der Waals surface area contributed by atoms with E-state index in [4.69, 9.17) is 21.1 Å². The highest BCUT2D eigenvalue weighted by atomic mass is 35.5. The first-order chi connectivity index (χ1) is 11.9. The Balaban J connectivity index is 1.76. The summed E-state index contributed by atoms with van der Waals surface area (Å²) in [5.41, 5.74) is 0.714. The summed E-state index contributed by atoms with van der Waals surface area (Å²) in [6.07, 6.45) is 0.118. The second kappa shape index (κ2) is 9.18. The molecule has 0 saturated heterocycles. The quantitative estimate of drug-likeness (QED) is 0.778. The summed E-state index contributed by atoms with van der Waals surface area (Å²) >= 11 is 5.82. The first kappa shape index (κ1) is 18.9. The van der Waals surface area contributed by atoms with Crippen molar-refractivity contribution in [3.63, 3.8) is 0 Å². The number of halogens is 1. The fourth-order valence-electron chi connectivity index (χ4n) is 2.04. The number of hydrogen-bond acceptors (Lipinski definition) is 3. The van der Waals surface area contributed by atoms with Crippen molar-refractivity contribution in [1.29, 1.82) is 0 Å². The van der Waals surface area contributed by atoms with Crippen LogP contribution >= 0.6 is 11.6 Å². The Morgan fingerprint density at radius 3 is 2.28 bits per heavy atom. The normalized spacial score (nSPS) is 10.4. The minimum Gasteiger partial charge on any atom is -0.492 e. The highest BCUT2D eigenvalue weighted by Gasteiger charge is 2.09. The maximum atomic E-state index is 12.2. The van der Waals surface area contributed by atoms with Gasteiger partial charge in [0.2, 0.25) is 0 Å². The van der Waals surface area contributed by atoms with E-state index in [1.807, 2.05) is 38.1 Å². The third-order valence-electron chi connectivity index (χ3n) is 3.33. The van der Waals surface area contributed by atoms with Gasteiger partial charge in [0.1, 0.15) is 18.1 Å². The van der Waals surface area contributed by atoms with Gasteiger partial charge >= 0.3 is 6.03 Å². The monoisotopic (exact) mass is 362 g/mol. The molecular weight excluding hydrogens is 340 g/mol. The predicted octanol–water partition coefficient (Wildman–Crippen LogP) is 4.67. The van der Waals surface area contributed by atoms with Crippen LogP contribution in [0.1, 0.15) is 13.8 Å². The Morgan fingerprint density at radius 1 is 1.08 bits per heavy atom. The largest absolute Gasteiger partial charge is 0.492 e. The number of carbonyl (C=O) groups is 1. The standard InChI is InChI=1S/C19H23ClN2O3/c1-14(2)25-18-10-6-16(7-11-18)21-19(23)22(3)12-13-24-17-8-4-15(20)5-9-17/h4-11,14H,12-13H2,1-3H3,(H,21,23). The number of amides is 2. The number of carbonyl (C=O) groups excluding carboxylic acids is 1. The third kappa shape index (κ3) is 6.55. The van der Waals surface area contributed by atoms with Crippen LogP contribution in [0.4, 0.5) is 10.5 Å². The van der Waals surface area contributed by atoms with E-state index < -0.39 is 0 Å². The lowest BCUT2D eigenvalue weighted by atomic mass is 10.3. The Morgan fingerprint density at radius 2 is 1.68 bits per heavy atom. The Bertz CT molecular complexity index is 672. The second-order valence-corrected chi connectivity index (χ2v) is 6.28. The fraction of sp³-hybridized carbons (Fsp3) is 0.316. The van der Waals surface area contributed by atoms with E-state index in [-0.39, 0.29) is 12.1 Å². The molecule has 0 bridgehead atoms. The molecule has 0 spiro atoms. The SMILES string of the molecule is CC(C)Oc1ccc(NC(=O)N(C)CCOc2ccc(Cl)cc2)cc1. The number of ether oxygens (including phenoxy) is 2. The molecule has 5 nitrogen and oxygen atoms in total. The predicted molar refractivity (Wildman–Crippen MR) is 101 cm³/mol. The van der Waals surface area contributed by atoms with Crippen molar-refractivity contribution < 1.29 is 14.3 Å². The average molecular weight is 363 g/mol. The second-order valence-electron chi connectivity index (χ2n) is 5.85. The Kier molecular flexibility index (Phi) is 6.95. The Labute approximate surface area is 153 Å². The molecule has 134 valence electrons. The summed E-state index contributed by atoms with van der Waals surface area (Å²) < 4.78 is 11.2. The molecule has 0 aliphatic rings. The molecule has 0 saturated carbocycles. The number of rotatable bonds is 7. The smallest absolute Gasteiger partial charge is 0.321 e. The molecule has 0 unspecified atom stereocenters. The van der Waals surface area contributed by atoms with Gasteiger partial charge in [-0.3, -0.25) is 0 Å². The first-order valence-electron chi connectivity index (χ1n) is 8.11. The number of urea groups is 1. The van der Waals surface area contributed by atoms with Crippen LogP contribution in [0.15, 0.2) is 48.5 Å². The number of hydrogen-bond donors (Lipinski definition) is 1. The summed E-state index contributed by atoms with van der Waals surface area (Å²) in [7, 11) is 1.72. The molecular formula is C19H23ClN2O3. The van der Waals surface area contributed by atoms with Gasteiger partial charge in [-0.1, -0.05) is 11.6 Å². The number of likely N-dealkylation sites (N-methyl/N-ethyl adjacent to an activating group) is 1. The zero-order valence-corrected chi connectivity index (χ0v) is 15.4. The molecule has 2 aromatic rings. The van der Waals surface area contributed by atoms with Gasteiger partial charge in [-0.15, -0.1) is 0 Å². The summed E-state index contributed by atoms with van der Waals surface area (Å²) in [5, 5.41) is 3.50. The highest BCUT2D eigenvalue weighted by Crippen LogP contribution is 2.17. The summed E-state index contributed by atoms with van der Waals surface area (Å²) in [6, 6.07) is 14.2. The molecule has 0 heterocycles. The van der Waals surface area contributed by atoms with Gasteiger partial charge in [0.25, 0.3) is 0 Å².